The van der Waals surface area contributed by atoms with Gasteiger partial charge in [0.15, 0.2) is 0 Å². The minimum Gasteiger partial charge on any atom is -0.352 e. The van der Waals surface area contributed by atoms with Crippen molar-refractivity contribution < 1.29 is 9.53 Å². The van der Waals surface area contributed by atoms with E-state index < -0.39 is 5.72 Å². The Morgan fingerprint density at radius 2 is 2.00 bits per heavy atom. The highest BCUT2D eigenvalue weighted by molar-refractivity contribution is 6.29. The van der Waals surface area contributed by atoms with Crippen LogP contribution in [0.5, 0.6) is 0 Å². The zero-order valence-electron chi connectivity index (χ0n) is 18.7. The predicted octanol–water partition coefficient (Wildman–Crippen LogP) is 6.34. The molecule has 0 aliphatic heterocycles. The zero-order chi connectivity index (χ0) is 21.1. The van der Waals surface area contributed by atoms with Gasteiger partial charge < -0.3 is 4.74 Å². The van der Waals surface area contributed by atoms with E-state index in [0.29, 0.717) is 17.8 Å². The average Bonchev–Trinajstić information content (AvgIpc) is 2.62. The third kappa shape index (κ3) is 4.91. The molecule has 1 amide bonds. The molecule has 0 heterocycles. The van der Waals surface area contributed by atoms with Crippen molar-refractivity contribution in [3.8, 4) is 0 Å². The van der Waals surface area contributed by atoms with Gasteiger partial charge in [0.1, 0.15) is 11.6 Å². The first kappa shape index (κ1) is 23.2. The molecular formula is C24H38ClNO2. The first-order valence-electron chi connectivity index (χ1n) is 10.8. The van der Waals surface area contributed by atoms with Crippen LogP contribution in [0.3, 0.4) is 0 Å². The SMILES string of the molecule is CCc1cccc(C)c1N(C(=O)CCl)C(C)(C)OC1CCCC(C)C1C(C)C. The zero-order valence-corrected chi connectivity index (χ0v) is 19.5. The van der Waals surface area contributed by atoms with Crippen molar-refractivity contribution in [2.24, 2.45) is 17.8 Å². The lowest BCUT2D eigenvalue weighted by Crippen LogP contribution is -2.54. The van der Waals surface area contributed by atoms with Crippen LogP contribution in [0.4, 0.5) is 5.69 Å². The van der Waals surface area contributed by atoms with Crippen LogP contribution < -0.4 is 4.90 Å². The lowest BCUT2D eigenvalue weighted by atomic mass is 9.72. The molecule has 1 aromatic rings. The number of aryl methyl sites for hydroxylation is 2. The standard InChI is InChI=1S/C24H38ClNO2/c1-8-19-13-9-12-18(5)23(19)26(21(27)15-25)24(6,7)28-20-14-10-11-17(4)22(20)16(2)3/h9,12-13,16-17,20,22H,8,10-11,14-15H2,1-7H3. The quantitative estimate of drug-likeness (QED) is 0.389. The van der Waals surface area contributed by atoms with E-state index in [-0.39, 0.29) is 17.9 Å². The maximum absolute atomic E-state index is 13.0. The summed E-state index contributed by atoms with van der Waals surface area (Å²) in [7, 11) is 0. The normalized spacial score (nSPS) is 23.1. The minimum absolute atomic E-state index is 0.0566. The molecule has 0 spiro atoms. The molecule has 4 heteroatoms. The molecule has 1 aliphatic carbocycles. The van der Waals surface area contributed by atoms with E-state index in [9.17, 15) is 4.79 Å². The van der Waals surface area contributed by atoms with E-state index in [0.717, 1.165) is 29.7 Å². The molecule has 2 rings (SSSR count). The molecule has 1 fully saturated rings. The van der Waals surface area contributed by atoms with Gasteiger partial charge in [-0.15, -0.1) is 11.6 Å². The first-order valence-corrected chi connectivity index (χ1v) is 11.3. The number of hydrogen-bond donors (Lipinski definition) is 0. The second-order valence-electron chi connectivity index (χ2n) is 9.13. The van der Waals surface area contributed by atoms with Gasteiger partial charge in [-0.2, -0.15) is 0 Å². The van der Waals surface area contributed by atoms with Crippen molar-refractivity contribution in [2.45, 2.75) is 86.0 Å². The number of benzene rings is 1. The number of amides is 1. The van der Waals surface area contributed by atoms with Gasteiger partial charge in [0, 0.05) is 0 Å². The molecule has 0 N–H and O–H groups in total. The number of alkyl halides is 1. The largest absolute Gasteiger partial charge is 0.352 e. The fraction of sp³-hybridized carbons (Fsp3) is 0.708. The second kappa shape index (κ2) is 9.63. The predicted molar refractivity (Wildman–Crippen MR) is 119 cm³/mol. The Kier molecular flexibility index (Phi) is 7.98. The van der Waals surface area contributed by atoms with E-state index in [2.05, 4.69) is 46.8 Å². The summed E-state index contributed by atoms with van der Waals surface area (Å²) in [5, 5.41) is 0. The van der Waals surface area contributed by atoms with Crippen molar-refractivity contribution in [1.29, 1.82) is 0 Å². The molecule has 1 aliphatic rings. The van der Waals surface area contributed by atoms with E-state index in [1.165, 1.54) is 12.8 Å². The number of carbonyl (C=O) groups excluding carboxylic acids is 1. The summed E-state index contributed by atoms with van der Waals surface area (Å²) in [5.74, 6) is 1.53. The van der Waals surface area contributed by atoms with E-state index >= 15 is 0 Å². The Hall–Kier alpha value is -1.06. The van der Waals surface area contributed by atoms with Gasteiger partial charge >= 0.3 is 0 Å². The molecule has 3 atom stereocenters. The third-order valence-corrected chi connectivity index (χ3v) is 6.50. The molecular weight excluding hydrogens is 370 g/mol. The number of anilines is 1. The number of carbonyl (C=O) groups is 1. The van der Waals surface area contributed by atoms with Crippen molar-refractivity contribution in [3.63, 3.8) is 0 Å². The van der Waals surface area contributed by atoms with Crippen LogP contribution in [0.2, 0.25) is 0 Å². The van der Waals surface area contributed by atoms with Crippen LogP contribution in [0, 0.1) is 24.7 Å². The Morgan fingerprint density at radius 3 is 2.57 bits per heavy atom. The highest BCUT2D eigenvalue weighted by Gasteiger charge is 2.41. The summed E-state index contributed by atoms with van der Waals surface area (Å²) in [6.07, 6.45) is 4.49. The summed E-state index contributed by atoms with van der Waals surface area (Å²) >= 11 is 6.05. The lowest BCUT2D eigenvalue weighted by molar-refractivity contribution is -0.141. The molecule has 3 unspecified atom stereocenters. The van der Waals surface area contributed by atoms with E-state index in [1.807, 2.05) is 24.8 Å². The Bertz CT molecular complexity index is 671. The van der Waals surface area contributed by atoms with Crippen molar-refractivity contribution >= 4 is 23.2 Å². The highest BCUT2D eigenvalue weighted by atomic mass is 35.5. The number of nitrogens with zero attached hydrogens (tertiary/aromatic N) is 1. The molecule has 3 nitrogen and oxygen atoms in total. The number of para-hydroxylation sites is 1. The smallest absolute Gasteiger partial charge is 0.244 e. The van der Waals surface area contributed by atoms with Gasteiger partial charge in [-0.05, 0) is 62.5 Å². The van der Waals surface area contributed by atoms with Crippen molar-refractivity contribution in [1.82, 2.24) is 0 Å². The van der Waals surface area contributed by atoms with Gasteiger partial charge in [0.05, 0.1) is 11.8 Å². The molecule has 0 saturated heterocycles. The van der Waals surface area contributed by atoms with Gasteiger partial charge in [0.2, 0.25) is 5.91 Å². The molecule has 158 valence electrons. The summed E-state index contributed by atoms with van der Waals surface area (Å²) in [6, 6.07) is 6.19. The first-order chi connectivity index (χ1) is 13.1. The molecule has 0 aromatic heterocycles. The van der Waals surface area contributed by atoms with Gasteiger partial charge in [0.25, 0.3) is 0 Å². The van der Waals surface area contributed by atoms with Gasteiger partial charge in [-0.25, -0.2) is 0 Å². The maximum Gasteiger partial charge on any atom is 0.244 e. The van der Waals surface area contributed by atoms with Crippen LogP contribution in [0.1, 0.15) is 71.9 Å². The topological polar surface area (TPSA) is 29.5 Å². The van der Waals surface area contributed by atoms with Gasteiger partial charge in [-0.3, -0.25) is 9.69 Å². The lowest BCUT2D eigenvalue weighted by Gasteiger charge is -2.47. The Labute approximate surface area is 176 Å². The van der Waals surface area contributed by atoms with Gasteiger partial charge in [-0.1, -0.05) is 58.7 Å². The molecule has 1 aromatic carbocycles. The number of rotatable bonds is 7. The summed E-state index contributed by atoms with van der Waals surface area (Å²) in [5.41, 5.74) is 2.40. The van der Waals surface area contributed by atoms with Crippen molar-refractivity contribution in [2.75, 3.05) is 10.8 Å². The Balaban J connectivity index is 2.44. The monoisotopic (exact) mass is 407 g/mol. The van der Waals surface area contributed by atoms with Crippen LogP contribution in [0.25, 0.3) is 0 Å². The number of halogens is 1. The fourth-order valence-corrected chi connectivity index (χ4v) is 5.24. The van der Waals surface area contributed by atoms with Crippen LogP contribution in [-0.2, 0) is 16.0 Å². The average molecular weight is 408 g/mol. The number of ether oxygens (including phenoxy) is 1. The summed E-state index contributed by atoms with van der Waals surface area (Å²) < 4.78 is 6.76. The van der Waals surface area contributed by atoms with Crippen LogP contribution >= 0.6 is 11.6 Å². The molecule has 0 bridgehead atoms. The fourth-order valence-electron chi connectivity index (χ4n) is 5.12. The second-order valence-corrected chi connectivity index (χ2v) is 9.40. The van der Waals surface area contributed by atoms with Crippen molar-refractivity contribution in [3.05, 3.63) is 29.3 Å². The minimum atomic E-state index is -0.767. The van der Waals surface area contributed by atoms with Crippen LogP contribution in [-0.4, -0.2) is 23.6 Å². The highest BCUT2D eigenvalue weighted by Crippen LogP contribution is 2.40. The van der Waals surface area contributed by atoms with Crippen LogP contribution in [0.15, 0.2) is 18.2 Å². The molecule has 0 radical (unpaired) electrons. The number of hydrogen-bond acceptors (Lipinski definition) is 2. The molecule has 28 heavy (non-hydrogen) atoms. The Morgan fingerprint density at radius 1 is 1.32 bits per heavy atom. The van der Waals surface area contributed by atoms with E-state index in [4.69, 9.17) is 16.3 Å². The van der Waals surface area contributed by atoms with E-state index in [1.54, 1.807) is 0 Å². The summed E-state index contributed by atoms with van der Waals surface area (Å²) in [4.78, 5) is 14.8. The third-order valence-electron chi connectivity index (χ3n) is 6.27. The maximum atomic E-state index is 13.0. The summed E-state index contributed by atoms with van der Waals surface area (Å²) in [6.45, 7) is 15.1. The molecule has 1 saturated carbocycles.